The second-order valence-corrected chi connectivity index (χ2v) is 8.71. The number of methoxy groups -OCH3 is 1. The number of hydrogen-bond donors (Lipinski definition) is 1. The van der Waals surface area contributed by atoms with E-state index in [0.29, 0.717) is 18.5 Å². The van der Waals surface area contributed by atoms with Crippen LogP contribution in [0.15, 0.2) is 66.9 Å². The second kappa shape index (κ2) is 12.1. The van der Waals surface area contributed by atoms with Gasteiger partial charge in [-0.2, -0.15) is 5.10 Å². The molecule has 1 amide bonds. The lowest BCUT2D eigenvalue weighted by Crippen LogP contribution is -2.24. The lowest BCUT2D eigenvalue weighted by Gasteiger charge is -2.12. The first-order valence-corrected chi connectivity index (χ1v) is 12.2. The minimum Gasteiger partial charge on any atom is -0.469 e. The predicted molar refractivity (Wildman–Crippen MR) is 138 cm³/mol. The third-order valence-electron chi connectivity index (χ3n) is 6.17. The van der Waals surface area contributed by atoms with Crippen molar-refractivity contribution in [2.45, 2.75) is 45.1 Å². The van der Waals surface area contributed by atoms with Gasteiger partial charge in [0.15, 0.2) is 0 Å². The largest absolute Gasteiger partial charge is 0.469 e. The number of amides is 1. The van der Waals surface area contributed by atoms with Gasteiger partial charge in [0.2, 0.25) is 0 Å². The van der Waals surface area contributed by atoms with Gasteiger partial charge in [0.25, 0.3) is 5.91 Å². The Morgan fingerprint density at radius 2 is 1.78 bits per heavy atom. The number of halogens is 1. The molecule has 0 unspecified atom stereocenters. The fourth-order valence-corrected chi connectivity index (χ4v) is 4.16. The van der Waals surface area contributed by atoms with Crippen LogP contribution < -0.4 is 5.32 Å². The van der Waals surface area contributed by atoms with Crippen LogP contribution >= 0.6 is 0 Å². The van der Waals surface area contributed by atoms with Gasteiger partial charge in [-0.15, -0.1) is 0 Å². The number of carbonyl (C=O) groups excluding carboxylic acids is 2. The lowest BCUT2D eigenvalue weighted by atomic mass is 10.0. The SMILES string of the molecule is COC(=O)CCCCc1ccc(CNC(=O)C2=CCCC=Cc3c2cnn3-c2ccc(F)cc2)cc1. The van der Waals surface area contributed by atoms with Crippen molar-refractivity contribution in [1.29, 1.82) is 0 Å². The van der Waals surface area contributed by atoms with Crippen molar-refractivity contribution in [3.8, 4) is 5.69 Å². The molecule has 0 spiro atoms. The molecule has 1 aliphatic carbocycles. The summed E-state index contributed by atoms with van der Waals surface area (Å²) >= 11 is 0. The van der Waals surface area contributed by atoms with Crippen molar-refractivity contribution in [3.05, 3.63) is 95.1 Å². The maximum absolute atomic E-state index is 13.4. The molecule has 6 nitrogen and oxygen atoms in total. The number of benzene rings is 2. The summed E-state index contributed by atoms with van der Waals surface area (Å²) < 4.78 is 19.8. The van der Waals surface area contributed by atoms with Crippen LogP contribution in [0.3, 0.4) is 0 Å². The molecule has 0 atom stereocenters. The van der Waals surface area contributed by atoms with E-state index in [1.165, 1.54) is 24.8 Å². The van der Waals surface area contributed by atoms with Gasteiger partial charge in [-0.05, 0) is 73.6 Å². The van der Waals surface area contributed by atoms with Crippen molar-refractivity contribution in [1.82, 2.24) is 15.1 Å². The summed E-state index contributed by atoms with van der Waals surface area (Å²) in [4.78, 5) is 24.4. The zero-order chi connectivity index (χ0) is 25.3. The number of aromatic nitrogens is 2. The normalized spacial score (nSPS) is 12.8. The van der Waals surface area contributed by atoms with E-state index in [1.54, 1.807) is 23.0 Å². The zero-order valence-corrected chi connectivity index (χ0v) is 20.4. The number of carbonyl (C=O) groups is 2. The molecule has 1 N–H and O–H groups in total. The maximum Gasteiger partial charge on any atom is 0.305 e. The van der Waals surface area contributed by atoms with E-state index in [9.17, 15) is 14.0 Å². The summed E-state index contributed by atoms with van der Waals surface area (Å²) in [6, 6.07) is 14.3. The molecule has 0 radical (unpaired) electrons. The number of unbranched alkanes of at least 4 members (excludes halogenated alkanes) is 1. The Morgan fingerprint density at radius 1 is 1.03 bits per heavy atom. The van der Waals surface area contributed by atoms with Gasteiger partial charge in [0, 0.05) is 24.1 Å². The standard InChI is InChI=1S/C29H30FN3O3/c1-36-28(34)10-6-5-7-21-11-13-22(14-12-21)19-31-29(35)25-8-3-2-4-9-27-26(25)20-32-33(27)24-17-15-23(30)16-18-24/h4,8-9,11-18,20H,2-3,5-7,10,19H2,1H3,(H,31,35). The average molecular weight is 488 g/mol. The van der Waals surface area contributed by atoms with Crippen LogP contribution in [0.4, 0.5) is 4.39 Å². The average Bonchev–Trinajstić information content (AvgIpc) is 3.28. The fourth-order valence-electron chi connectivity index (χ4n) is 4.16. The number of aryl methyl sites for hydroxylation is 1. The highest BCUT2D eigenvalue weighted by molar-refractivity contribution is 6.20. The smallest absolute Gasteiger partial charge is 0.305 e. The fraction of sp³-hybridized carbons (Fsp3) is 0.276. The summed E-state index contributed by atoms with van der Waals surface area (Å²) in [6.45, 7) is 0.413. The summed E-state index contributed by atoms with van der Waals surface area (Å²) in [5, 5.41) is 7.52. The van der Waals surface area contributed by atoms with E-state index >= 15 is 0 Å². The molecule has 0 fully saturated rings. The zero-order valence-electron chi connectivity index (χ0n) is 20.4. The van der Waals surface area contributed by atoms with Gasteiger partial charge in [0.1, 0.15) is 5.82 Å². The van der Waals surface area contributed by atoms with E-state index in [2.05, 4.69) is 33.4 Å². The predicted octanol–water partition coefficient (Wildman–Crippen LogP) is 5.40. The molecule has 2 aromatic carbocycles. The minimum absolute atomic E-state index is 0.155. The van der Waals surface area contributed by atoms with E-state index in [-0.39, 0.29) is 17.7 Å². The van der Waals surface area contributed by atoms with Crippen LogP contribution in [0.2, 0.25) is 0 Å². The summed E-state index contributed by atoms with van der Waals surface area (Å²) in [7, 11) is 1.41. The topological polar surface area (TPSA) is 73.2 Å². The van der Waals surface area contributed by atoms with Crippen LogP contribution in [0.25, 0.3) is 17.3 Å². The number of ether oxygens (including phenoxy) is 1. The van der Waals surface area contributed by atoms with E-state index in [4.69, 9.17) is 0 Å². The molecule has 3 aromatic rings. The molecule has 0 bridgehead atoms. The molecule has 1 heterocycles. The molecule has 4 rings (SSSR count). The number of rotatable bonds is 9. The van der Waals surface area contributed by atoms with Gasteiger partial charge < -0.3 is 10.1 Å². The van der Waals surface area contributed by atoms with Crippen molar-refractivity contribution < 1.29 is 18.7 Å². The van der Waals surface area contributed by atoms with Crippen molar-refractivity contribution in [3.63, 3.8) is 0 Å². The molecular formula is C29H30FN3O3. The molecule has 1 aromatic heterocycles. The first-order chi connectivity index (χ1) is 17.5. The quantitative estimate of drug-likeness (QED) is 0.324. The Labute approximate surface area is 210 Å². The van der Waals surface area contributed by atoms with Gasteiger partial charge in [-0.25, -0.2) is 9.07 Å². The first-order valence-electron chi connectivity index (χ1n) is 12.2. The molecular weight excluding hydrogens is 457 g/mol. The highest BCUT2D eigenvalue weighted by Crippen LogP contribution is 2.27. The van der Waals surface area contributed by atoms with E-state index < -0.39 is 0 Å². The van der Waals surface area contributed by atoms with Gasteiger partial charge in [0.05, 0.1) is 24.7 Å². The highest BCUT2D eigenvalue weighted by Gasteiger charge is 2.20. The molecule has 0 saturated carbocycles. The van der Waals surface area contributed by atoms with E-state index in [1.807, 2.05) is 24.3 Å². The van der Waals surface area contributed by atoms with Gasteiger partial charge in [-0.3, -0.25) is 9.59 Å². The Kier molecular flexibility index (Phi) is 8.44. The Balaban J connectivity index is 1.39. The first kappa shape index (κ1) is 25.1. The summed E-state index contributed by atoms with van der Waals surface area (Å²) in [5.74, 6) is -0.639. The molecule has 36 heavy (non-hydrogen) atoms. The number of nitrogens with one attached hydrogen (secondary N) is 1. The Hall–Kier alpha value is -4.00. The number of esters is 1. The molecule has 0 aliphatic heterocycles. The third kappa shape index (κ3) is 6.36. The molecule has 1 aliphatic rings. The van der Waals surface area contributed by atoms with E-state index in [0.717, 1.165) is 54.6 Å². The van der Waals surface area contributed by atoms with Crippen molar-refractivity contribution >= 4 is 23.5 Å². The van der Waals surface area contributed by atoms with Crippen molar-refractivity contribution in [2.75, 3.05) is 7.11 Å². The Morgan fingerprint density at radius 3 is 2.53 bits per heavy atom. The van der Waals surface area contributed by atoms with Crippen LogP contribution in [-0.4, -0.2) is 28.8 Å². The van der Waals surface area contributed by atoms with Gasteiger partial charge in [-0.1, -0.05) is 36.4 Å². The maximum atomic E-state index is 13.4. The summed E-state index contributed by atoms with van der Waals surface area (Å²) in [6.07, 6.45) is 12.3. The summed E-state index contributed by atoms with van der Waals surface area (Å²) in [5.41, 5.74) is 5.06. The van der Waals surface area contributed by atoms with Crippen LogP contribution in [0.1, 0.15) is 54.5 Å². The van der Waals surface area contributed by atoms with Gasteiger partial charge >= 0.3 is 5.97 Å². The third-order valence-corrected chi connectivity index (χ3v) is 6.17. The highest BCUT2D eigenvalue weighted by atomic mass is 19.1. The number of fused-ring (bicyclic) bond motifs is 1. The number of allylic oxidation sites excluding steroid dienone is 2. The monoisotopic (exact) mass is 487 g/mol. The second-order valence-electron chi connectivity index (χ2n) is 8.71. The Bertz CT molecular complexity index is 1260. The molecule has 7 heteroatoms. The number of hydrogen-bond acceptors (Lipinski definition) is 4. The number of nitrogens with zero attached hydrogens (tertiary/aromatic N) is 2. The van der Waals surface area contributed by atoms with Crippen LogP contribution in [-0.2, 0) is 27.3 Å². The lowest BCUT2D eigenvalue weighted by molar-refractivity contribution is -0.140. The molecule has 0 saturated heterocycles. The van der Waals surface area contributed by atoms with Crippen LogP contribution in [0, 0.1) is 5.82 Å². The van der Waals surface area contributed by atoms with Crippen LogP contribution in [0.5, 0.6) is 0 Å². The van der Waals surface area contributed by atoms with Crippen molar-refractivity contribution in [2.24, 2.45) is 0 Å². The minimum atomic E-state index is -0.309. The molecule has 186 valence electrons.